The summed E-state index contributed by atoms with van der Waals surface area (Å²) in [5, 5.41) is 1.26. The molecule has 42 heavy (non-hydrogen) atoms. The highest BCUT2D eigenvalue weighted by Crippen LogP contribution is 2.55. The molecule has 0 bridgehead atoms. The van der Waals surface area contributed by atoms with E-state index in [1.807, 2.05) is 84.9 Å². The smallest absolute Gasteiger partial charge is 0.323 e. The lowest BCUT2D eigenvalue weighted by Gasteiger charge is -2.32. The molecule has 1 saturated heterocycles. The number of para-hydroxylation sites is 2. The van der Waals surface area contributed by atoms with Crippen LogP contribution in [0.15, 0.2) is 97.1 Å². The molecule has 4 aromatic carbocycles. The Hall–Kier alpha value is -3.87. The average molecular weight is 603 g/mol. The zero-order valence-electron chi connectivity index (χ0n) is 22.6. The van der Waals surface area contributed by atoms with Gasteiger partial charge in [-0.15, -0.1) is 0 Å². The molecule has 7 rings (SSSR count). The van der Waals surface area contributed by atoms with Gasteiger partial charge in [0.05, 0.1) is 22.9 Å². The molecular formula is C31H28N2O7P2. The molecule has 2 amide bonds. The summed E-state index contributed by atoms with van der Waals surface area (Å²) >= 11 is 0. The Morgan fingerprint density at radius 3 is 1.38 bits per heavy atom. The summed E-state index contributed by atoms with van der Waals surface area (Å²) in [4.78, 5) is 27.0. The first-order valence-electron chi connectivity index (χ1n) is 13.7. The Balaban J connectivity index is 1.08. The summed E-state index contributed by atoms with van der Waals surface area (Å²) in [5.41, 5.74) is 3.50. The Kier molecular flexibility index (Phi) is 6.91. The van der Waals surface area contributed by atoms with Gasteiger partial charge in [0.1, 0.15) is 11.5 Å². The number of urea groups is 1. The zero-order chi connectivity index (χ0) is 28.7. The third kappa shape index (κ3) is 4.73. The molecule has 214 valence electrons. The van der Waals surface area contributed by atoms with E-state index in [9.17, 15) is 13.9 Å². The second-order valence-electron chi connectivity index (χ2n) is 10.3. The summed E-state index contributed by atoms with van der Waals surface area (Å²) in [7, 11) is -6.70. The Bertz CT molecular complexity index is 1650. The molecule has 1 fully saturated rings. The fraction of sp³-hybridized carbons (Fsp3) is 0.194. The third-order valence-electron chi connectivity index (χ3n) is 7.76. The molecule has 0 radical (unpaired) electrons. The van der Waals surface area contributed by atoms with Crippen molar-refractivity contribution in [2.24, 2.45) is 0 Å². The molecule has 2 atom stereocenters. The summed E-state index contributed by atoms with van der Waals surface area (Å²) in [6.45, 7) is -0.0659. The maximum Gasteiger partial charge on any atom is 0.323 e. The molecule has 0 N–H and O–H groups in total. The molecule has 0 spiro atoms. The van der Waals surface area contributed by atoms with Crippen LogP contribution in [-0.4, -0.2) is 54.7 Å². The molecule has 0 aliphatic carbocycles. The van der Waals surface area contributed by atoms with Gasteiger partial charge in [-0.2, -0.15) is 0 Å². The highest BCUT2D eigenvalue weighted by molar-refractivity contribution is 7.68. The zero-order valence-corrected chi connectivity index (χ0v) is 24.4. The van der Waals surface area contributed by atoms with Gasteiger partial charge >= 0.3 is 6.03 Å². The van der Waals surface area contributed by atoms with E-state index in [1.165, 1.54) is 9.80 Å². The van der Waals surface area contributed by atoms with Crippen LogP contribution in [0.2, 0.25) is 0 Å². The summed E-state index contributed by atoms with van der Waals surface area (Å²) < 4.78 is 40.7. The third-order valence-corrected chi connectivity index (χ3v) is 12.6. The van der Waals surface area contributed by atoms with Crippen molar-refractivity contribution in [2.75, 3.05) is 38.9 Å². The summed E-state index contributed by atoms with van der Waals surface area (Å²) in [5.74, 6) is 1.11. The lowest BCUT2D eigenvalue weighted by atomic mass is 10.0. The van der Waals surface area contributed by atoms with Crippen LogP contribution in [0.25, 0.3) is 22.3 Å². The predicted octanol–water partition coefficient (Wildman–Crippen LogP) is 5.91. The first kappa shape index (κ1) is 27.0. The second kappa shape index (κ2) is 10.8. The van der Waals surface area contributed by atoms with E-state index in [0.29, 0.717) is 22.1 Å². The fourth-order valence-corrected chi connectivity index (χ4v) is 10.2. The lowest BCUT2D eigenvalue weighted by Crippen LogP contribution is -2.45. The van der Waals surface area contributed by atoms with Crippen LogP contribution in [0, 0.1) is 0 Å². The van der Waals surface area contributed by atoms with Crippen LogP contribution >= 0.6 is 14.7 Å². The fourth-order valence-electron chi connectivity index (χ4n) is 5.62. The largest absolute Gasteiger partial charge is 0.439 e. The van der Waals surface area contributed by atoms with Gasteiger partial charge in [-0.25, -0.2) is 14.6 Å². The number of carbonyl (C=O) groups is 1. The maximum absolute atomic E-state index is 14.2. The van der Waals surface area contributed by atoms with Gasteiger partial charge in [0.2, 0.25) is 0 Å². The quantitative estimate of drug-likeness (QED) is 0.200. The highest BCUT2D eigenvalue weighted by atomic mass is 31.2. The first-order chi connectivity index (χ1) is 20.5. The van der Waals surface area contributed by atoms with Crippen molar-refractivity contribution in [3.05, 3.63) is 97.1 Å². The molecule has 11 heteroatoms. The van der Waals surface area contributed by atoms with Gasteiger partial charge in [-0.3, -0.25) is 18.9 Å². The van der Waals surface area contributed by atoms with Crippen molar-refractivity contribution in [1.29, 1.82) is 0 Å². The number of carbonyl (C=O) groups excluding carboxylic acids is 1. The number of rotatable bonds is 6. The second-order valence-corrected chi connectivity index (χ2v) is 15.2. The molecule has 3 heterocycles. The number of fused-ring (bicyclic) bond motifs is 6. The van der Waals surface area contributed by atoms with E-state index >= 15 is 0 Å². The number of hydrogen-bond acceptors (Lipinski definition) is 7. The highest BCUT2D eigenvalue weighted by Gasteiger charge is 2.39. The SMILES string of the molecule is O=C1N(CCP2(=O)Oc3ccccc3-c3ccccc32)COOCN1CCP1(=O)Oc2ccccc2-c2ccccc21. The summed E-state index contributed by atoms with van der Waals surface area (Å²) in [6.07, 6.45) is 0.181. The molecule has 4 aromatic rings. The molecule has 0 aromatic heterocycles. The average Bonchev–Trinajstić information content (AvgIpc) is 3.20. The van der Waals surface area contributed by atoms with Crippen LogP contribution in [0.3, 0.4) is 0 Å². The Morgan fingerprint density at radius 2 is 0.929 bits per heavy atom. The van der Waals surface area contributed by atoms with Crippen molar-refractivity contribution in [3.8, 4) is 33.8 Å². The van der Waals surface area contributed by atoms with Crippen LogP contribution < -0.4 is 19.7 Å². The van der Waals surface area contributed by atoms with Gasteiger partial charge in [-0.1, -0.05) is 72.8 Å². The first-order valence-corrected chi connectivity index (χ1v) is 17.3. The normalized spacial score (nSPS) is 22.5. The van der Waals surface area contributed by atoms with Crippen molar-refractivity contribution in [3.63, 3.8) is 0 Å². The molecule has 0 saturated carbocycles. The van der Waals surface area contributed by atoms with E-state index in [0.717, 1.165) is 22.3 Å². The summed E-state index contributed by atoms with van der Waals surface area (Å²) in [6, 6.07) is 29.6. The number of benzene rings is 4. The lowest BCUT2D eigenvalue weighted by molar-refractivity contribution is -0.313. The predicted molar refractivity (Wildman–Crippen MR) is 160 cm³/mol. The standard InChI is InChI=1S/C31H28N2O7P2/c34-31-32(17-19-41(35)29-15-7-3-11-25(29)23-9-1-5-13-27(23)39-41)21-37-38-22-33(31)18-20-42(36)30-16-8-4-12-26(30)24-10-2-6-14-28(24)40-42/h1-16H,17-22H2. The van der Waals surface area contributed by atoms with Gasteiger partial charge in [-0.05, 0) is 35.4 Å². The van der Waals surface area contributed by atoms with E-state index in [1.54, 1.807) is 12.1 Å². The topological polar surface area (TPSA) is 94.6 Å². The van der Waals surface area contributed by atoms with Crippen molar-refractivity contribution < 1.29 is 32.7 Å². The van der Waals surface area contributed by atoms with Gasteiger partial charge in [0.25, 0.3) is 14.7 Å². The molecule has 3 aliphatic rings. The number of amides is 2. The minimum absolute atomic E-state index is 0.0903. The Morgan fingerprint density at radius 1 is 0.548 bits per heavy atom. The van der Waals surface area contributed by atoms with Crippen molar-refractivity contribution in [2.45, 2.75) is 0 Å². The van der Waals surface area contributed by atoms with Crippen molar-refractivity contribution in [1.82, 2.24) is 9.80 Å². The van der Waals surface area contributed by atoms with Crippen LogP contribution in [0.5, 0.6) is 11.5 Å². The van der Waals surface area contributed by atoms with E-state index in [4.69, 9.17) is 18.8 Å². The van der Waals surface area contributed by atoms with Gasteiger partial charge < -0.3 is 9.05 Å². The van der Waals surface area contributed by atoms with Crippen LogP contribution in [0.1, 0.15) is 0 Å². The van der Waals surface area contributed by atoms with E-state index < -0.39 is 14.7 Å². The van der Waals surface area contributed by atoms with E-state index in [2.05, 4.69) is 0 Å². The molecular weight excluding hydrogens is 574 g/mol. The van der Waals surface area contributed by atoms with Crippen molar-refractivity contribution >= 4 is 31.4 Å². The van der Waals surface area contributed by atoms with E-state index in [-0.39, 0.29) is 44.9 Å². The molecule has 3 aliphatic heterocycles. The molecule has 2 unspecified atom stereocenters. The number of hydrogen-bond donors (Lipinski definition) is 0. The Labute approximate surface area is 243 Å². The van der Waals surface area contributed by atoms with Gasteiger partial charge in [0, 0.05) is 24.2 Å². The minimum atomic E-state index is -3.35. The molecule has 9 nitrogen and oxygen atoms in total. The number of nitrogens with zero attached hydrogens (tertiary/aromatic N) is 2. The van der Waals surface area contributed by atoms with Crippen LogP contribution in [0.4, 0.5) is 4.79 Å². The minimum Gasteiger partial charge on any atom is -0.439 e. The van der Waals surface area contributed by atoms with Crippen LogP contribution in [-0.2, 0) is 18.9 Å². The maximum atomic E-state index is 14.2. The monoisotopic (exact) mass is 602 g/mol. The van der Waals surface area contributed by atoms with Gasteiger partial charge in [0.15, 0.2) is 13.5 Å².